The van der Waals surface area contributed by atoms with Gasteiger partial charge in [0.1, 0.15) is 6.07 Å². The van der Waals surface area contributed by atoms with Crippen molar-refractivity contribution in [3.8, 4) is 34.0 Å². The van der Waals surface area contributed by atoms with Gasteiger partial charge in [0.05, 0.1) is 22.3 Å². The summed E-state index contributed by atoms with van der Waals surface area (Å²) in [7, 11) is 0. The average molecular weight is 611 g/mol. The van der Waals surface area contributed by atoms with Crippen molar-refractivity contribution in [3.63, 3.8) is 0 Å². The maximum absolute atomic E-state index is 10.3. The lowest BCUT2D eigenvalue weighted by Crippen LogP contribution is -2.00. The van der Waals surface area contributed by atoms with Gasteiger partial charge < -0.3 is 4.57 Å². The second-order valence-electron chi connectivity index (χ2n) is 12.4. The van der Waals surface area contributed by atoms with Crippen LogP contribution < -0.4 is 0 Å². The van der Waals surface area contributed by atoms with Crippen molar-refractivity contribution >= 4 is 43.4 Å². The van der Waals surface area contributed by atoms with Gasteiger partial charge in [-0.1, -0.05) is 146 Å². The second-order valence-corrected chi connectivity index (χ2v) is 12.4. The lowest BCUT2D eigenvalue weighted by molar-refractivity contribution is 1.17. The normalized spacial score (nSPS) is 11.4. The average Bonchev–Trinajstić information content (AvgIpc) is 3.49. The molecular formula is C46H30N2. The van der Waals surface area contributed by atoms with E-state index < -0.39 is 0 Å². The number of fused-ring (bicyclic) bond motifs is 5. The SMILES string of the molecule is N#Cc1ccc(-c2ccccc2Cc2c3ccccc3c(-c3ccccc3)c3ccccc23)cc1-n1c2ccccc2c2ccccc21. The first-order valence-electron chi connectivity index (χ1n) is 16.4. The third-order valence-corrected chi connectivity index (χ3v) is 9.74. The van der Waals surface area contributed by atoms with Crippen LogP contribution in [0.25, 0.3) is 71.3 Å². The summed E-state index contributed by atoms with van der Waals surface area (Å²) in [5.41, 5.74) is 11.1. The van der Waals surface area contributed by atoms with Crippen molar-refractivity contribution in [1.82, 2.24) is 4.57 Å². The molecule has 0 saturated heterocycles. The Morgan fingerprint density at radius 3 is 1.60 bits per heavy atom. The van der Waals surface area contributed by atoms with Gasteiger partial charge >= 0.3 is 0 Å². The molecule has 1 heterocycles. The maximum Gasteiger partial charge on any atom is 0.101 e. The van der Waals surface area contributed by atoms with Crippen molar-refractivity contribution in [3.05, 3.63) is 187 Å². The van der Waals surface area contributed by atoms with Gasteiger partial charge in [-0.15, -0.1) is 0 Å². The van der Waals surface area contributed by atoms with Crippen molar-refractivity contribution in [2.24, 2.45) is 0 Å². The highest BCUT2D eigenvalue weighted by Crippen LogP contribution is 2.41. The van der Waals surface area contributed by atoms with Crippen LogP contribution >= 0.6 is 0 Å². The Morgan fingerprint density at radius 1 is 0.458 bits per heavy atom. The molecule has 9 rings (SSSR count). The summed E-state index contributed by atoms with van der Waals surface area (Å²) in [5, 5.41) is 17.8. The predicted octanol–water partition coefficient (Wildman–Crippen LogP) is 11.9. The Kier molecular flexibility index (Phi) is 6.63. The molecule has 1 aromatic heterocycles. The van der Waals surface area contributed by atoms with Crippen LogP contribution in [-0.2, 0) is 6.42 Å². The Balaban J connectivity index is 1.25. The van der Waals surface area contributed by atoms with E-state index in [1.165, 1.54) is 60.1 Å². The van der Waals surface area contributed by atoms with Gasteiger partial charge in [0.15, 0.2) is 0 Å². The minimum absolute atomic E-state index is 0.649. The van der Waals surface area contributed by atoms with E-state index in [1.54, 1.807) is 0 Å². The molecule has 0 radical (unpaired) electrons. The standard InChI is InChI=1S/C46H30N2/c47-30-34-27-26-33(29-45(34)48-43-24-12-10-20-38(43)39-21-11-13-25-44(39)48)35-17-5-4-16-32(35)28-42-36-18-6-8-22-40(36)46(31-14-2-1-3-15-31)41-23-9-7-19-37(41)42/h1-27,29H,28H2. The molecule has 0 atom stereocenters. The van der Waals surface area contributed by atoms with Crippen molar-refractivity contribution in [2.75, 3.05) is 0 Å². The molecule has 9 aromatic rings. The third kappa shape index (κ3) is 4.41. The lowest BCUT2D eigenvalue weighted by atomic mass is 9.85. The summed E-state index contributed by atoms with van der Waals surface area (Å²) < 4.78 is 2.25. The Hall–Kier alpha value is -6.43. The highest BCUT2D eigenvalue weighted by molar-refractivity contribution is 6.15. The summed E-state index contributed by atoms with van der Waals surface area (Å²) in [4.78, 5) is 0. The zero-order valence-electron chi connectivity index (χ0n) is 26.3. The van der Waals surface area contributed by atoms with Crippen LogP contribution in [-0.4, -0.2) is 4.57 Å². The molecule has 0 amide bonds. The van der Waals surface area contributed by atoms with E-state index in [1.807, 2.05) is 6.07 Å². The fourth-order valence-electron chi connectivity index (χ4n) is 7.63. The van der Waals surface area contributed by atoms with Crippen LogP contribution in [0.1, 0.15) is 16.7 Å². The highest BCUT2D eigenvalue weighted by atomic mass is 15.0. The largest absolute Gasteiger partial charge is 0.308 e. The number of hydrogen-bond acceptors (Lipinski definition) is 1. The number of para-hydroxylation sites is 2. The number of nitrogens with zero attached hydrogens (tertiary/aromatic N) is 2. The molecule has 0 aliphatic rings. The van der Waals surface area contributed by atoms with Gasteiger partial charge in [-0.05, 0) is 85.6 Å². The summed E-state index contributed by atoms with van der Waals surface area (Å²) in [5.74, 6) is 0. The fraction of sp³-hybridized carbons (Fsp3) is 0.0217. The number of hydrogen-bond donors (Lipinski definition) is 0. The van der Waals surface area contributed by atoms with Crippen LogP contribution in [0.2, 0.25) is 0 Å². The maximum atomic E-state index is 10.3. The van der Waals surface area contributed by atoms with E-state index in [9.17, 15) is 5.26 Å². The summed E-state index contributed by atoms with van der Waals surface area (Å²) in [6, 6.07) is 62.8. The highest BCUT2D eigenvalue weighted by Gasteiger charge is 2.19. The molecule has 2 heteroatoms. The molecule has 48 heavy (non-hydrogen) atoms. The number of rotatable bonds is 5. The Morgan fingerprint density at radius 2 is 0.979 bits per heavy atom. The van der Waals surface area contributed by atoms with E-state index in [0.29, 0.717) is 5.56 Å². The Labute approximate surface area is 279 Å². The van der Waals surface area contributed by atoms with Gasteiger partial charge in [-0.25, -0.2) is 0 Å². The summed E-state index contributed by atoms with van der Waals surface area (Å²) >= 11 is 0. The zero-order chi connectivity index (χ0) is 32.0. The van der Waals surface area contributed by atoms with E-state index in [0.717, 1.165) is 28.7 Å². The minimum Gasteiger partial charge on any atom is -0.308 e. The summed E-state index contributed by atoms with van der Waals surface area (Å²) in [6.45, 7) is 0. The molecular weight excluding hydrogens is 581 g/mol. The van der Waals surface area contributed by atoms with E-state index in [4.69, 9.17) is 0 Å². The second kappa shape index (κ2) is 11.4. The monoisotopic (exact) mass is 610 g/mol. The van der Waals surface area contributed by atoms with Crippen LogP contribution in [0.3, 0.4) is 0 Å². The van der Waals surface area contributed by atoms with Gasteiger partial charge in [0.25, 0.3) is 0 Å². The lowest BCUT2D eigenvalue weighted by Gasteiger charge is -2.19. The van der Waals surface area contributed by atoms with Gasteiger partial charge in [0, 0.05) is 10.8 Å². The quantitative estimate of drug-likeness (QED) is 0.178. The van der Waals surface area contributed by atoms with Crippen LogP contribution in [0.15, 0.2) is 170 Å². The van der Waals surface area contributed by atoms with Crippen molar-refractivity contribution in [1.29, 1.82) is 5.26 Å². The molecule has 2 nitrogen and oxygen atoms in total. The molecule has 0 unspecified atom stereocenters. The van der Waals surface area contributed by atoms with Crippen LogP contribution in [0, 0.1) is 11.3 Å². The van der Waals surface area contributed by atoms with E-state index in [-0.39, 0.29) is 0 Å². The number of nitriles is 1. The predicted molar refractivity (Wildman–Crippen MR) is 201 cm³/mol. The van der Waals surface area contributed by atoms with Gasteiger partial charge in [-0.3, -0.25) is 0 Å². The molecule has 0 saturated carbocycles. The molecule has 0 aliphatic carbocycles. The topological polar surface area (TPSA) is 28.7 Å². The summed E-state index contributed by atoms with van der Waals surface area (Å²) in [6.07, 6.45) is 0.775. The minimum atomic E-state index is 0.649. The number of benzene rings is 8. The molecule has 0 N–H and O–H groups in total. The Bertz CT molecular complexity index is 2600. The van der Waals surface area contributed by atoms with Crippen molar-refractivity contribution < 1.29 is 0 Å². The van der Waals surface area contributed by atoms with Crippen LogP contribution in [0.4, 0.5) is 0 Å². The molecule has 8 aromatic carbocycles. The van der Waals surface area contributed by atoms with Gasteiger partial charge in [-0.2, -0.15) is 5.26 Å². The smallest absolute Gasteiger partial charge is 0.101 e. The van der Waals surface area contributed by atoms with Gasteiger partial charge in [0.2, 0.25) is 0 Å². The first kappa shape index (κ1) is 27.8. The van der Waals surface area contributed by atoms with Crippen molar-refractivity contribution in [2.45, 2.75) is 6.42 Å². The molecule has 224 valence electrons. The molecule has 0 bridgehead atoms. The molecule has 0 spiro atoms. The third-order valence-electron chi connectivity index (χ3n) is 9.74. The van der Waals surface area contributed by atoms with E-state index in [2.05, 4.69) is 174 Å². The zero-order valence-corrected chi connectivity index (χ0v) is 26.3. The molecule has 0 aliphatic heterocycles. The first-order chi connectivity index (χ1) is 23.8. The number of aromatic nitrogens is 1. The fourth-order valence-corrected chi connectivity index (χ4v) is 7.63. The van der Waals surface area contributed by atoms with Crippen LogP contribution in [0.5, 0.6) is 0 Å². The van der Waals surface area contributed by atoms with E-state index >= 15 is 0 Å². The first-order valence-corrected chi connectivity index (χ1v) is 16.4. The molecule has 0 fully saturated rings.